The second kappa shape index (κ2) is 11.6. The van der Waals surface area contributed by atoms with Crippen molar-refractivity contribution >= 4 is 35.2 Å². The third kappa shape index (κ3) is 5.50. The molecule has 6 atom stereocenters. The Hall–Kier alpha value is -2.58. The van der Waals surface area contributed by atoms with Crippen molar-refractivity contribution in [1.29, 1.82) is 0 Å². The van der Waals surface area contributed by atoms with Crippen LogP contribution in [0.25, 0.3) is 0 Å². The zero-order chi connectivity index (χ0) is 30.3. The van der Waals surface area contributed by atoms with E-state index in [9.17, 15) is 19.5 Å². The minimum atomic E-state index is -0.765. The van der Waals surface area contributed by atoms with E-state index >= 15 is 0 Å². The average Bonchev–Trinajstić information content (AvgIpc) is 3.55. The molecule has 1 aromatic carbocycles. The van der Waals surface area contributed by atoms with Gasteiger partial charge in [0.25, 0.3) is 0 Å². The Bertz CT molecular complexity index is 1180. The summed E-state index contributed by atoms with van der Waals surface area (Å²) in [5.41, 5.74) is 0.233. The minimum Gasteiger partial charge on any atom is -0.394 e. The standard InChI is InChI=1S/C33H47N3O4S/c1-9-18-34(23-14-12-11-13-15-23)28(38)25-24-16-17-33(41-24)26(25)29(39)36(22(3)20-37)27(33)30(40)35(19-10-2)32(7,8)21-31(4,5)6/h9-15,22,24-27,37H,1-2,16-21H2,3-8H3/t22-,24+,25-,26+,27?,33?/m1/s1. The van der Waals surface area contributed by atoms with E-state index in [0.717, 1.165) is 18.5 Å². The maximum absolute atomic E-state index is 14.8. The number of hydrogen-bond acceptors (Lipinski definition) is 5. The second-order valence-corrected chi connectivity index (χ2v) is 15.3. The number of aliphatic hydroxyl groups is 1. The molecule has 3 amide bonds. The number of hydrogen-bond donors (Lipinski definition) is 1. The van der Waals surface area contributed by atoms with Gasteiger partial charge in [0.05, 0.1) is 29.2 Å². The first kappa shape index (κ1) is 31.4. The number of carbonyl (C=O) groups excluding carboxylic acids is 3. The fourth-order valence-electron chi connectivity index (χ4n) is 7.76. The molecule has 2 bridgehead atoms. The number of amides is 3. The molecular weight excluding hydrogens is 534 g/mol. The third-order valence-electron chi connectivity index (χ3n) is 8.91. The van der Waals surface area contributed by atoms with Gasteiger partial charge in [-0.1, -0.05) is 51.1 Å². The van der Waals surface area contributed by atoms with Crippen molar-refractivity contribution < 1.29 is 19.5 Å². The molecule has 0 aliphatic carbocycles. The van der Waals surface area contributed by atoms with Crippen LogP contribution in [0.5, 0.6) is 0 Å². The Morgan fingerprint density at radius 2 is 1.76 bits per heavy atom. The first-order valence-corrected chi connectivity index (χ1v) is 15.6. The summed E-state index contributed by atoms with van der Waals surface area (Å²) in [7, 11) is 0. The van der Waals surface area contributed by atoms with Gasteiger partial charge in [-0.15, -0.1) is 24.9 Å². The molecule has 4 rings (SSSR count). The summed E-state index contributed by atoms with van der Waals surface area (Å²) in [6, 6.07) is 8.16. The summed E-state index contributed by atoms with van der Waals surface area (Å²) in [6.45, 7) is 20.6. The van der Waals surface area contributed by atoms with Crippen LogP contribution in [0.15, 0.2) is 55.6 Å². The molecule has 8 heteroatoms. The van der Waals surface area contributed by atoms with E-state index in [4.69, 9.17) is 0 Å². The lowest BCUT2D eigenvalue weighted by molar-refractivity contribution is -0.148. The van der Waals surface area contributed by atoms with Gasteiger partial charge in [0.2, 0.25) is 17.7 Å². The van der Waals surface area contributed by atoms with E-state index in [1.807, 2.05) is 35.2 Å². The summed E-state index contributed by atoms with van der Waals surface area (Å²) < 4.78 is -0.726. The van der Waals surface area contributed by atoms with Crippen molar-refractivity contribution in [3.8, 4) is 0 Å². The van der Waals surface area contributed by atoms with Gasteiger partial charge >= 0.3 is 0 Å². The van der Waals surface area contributed by atoms with E-state index in [2.05, 4.69) is 47.8 Å². The van der Waals surface area contributed by atoms with Crippen LogP contribution in [-0.2, 0) is 14.4 Å². The minimum absolute atomic E-state index is 0.0300. The number of nitrogens with zero attached hydrogens (tertiary/aromatic N) is 3. The molecule has 3 fully saturated rings. The number of likely N-dealkylation sites (tertiary alicyclic amines) is 1. The van der Waals surface area contributed by atoms with Gasteiger partial charge < -0.3 is 19.8 Å². The molecule has 1 N–H and O–H groups in total. The molecule has 3 aliphatic heterocycles. The van der Waals surface area contributed by atoms with E-state index < -0.39 is 34.2 Å². The number of rotatable bonds is 11. The number of benzene rings is 1. The molecule has 3 heterocycles. The van der Waals surface area contributed by atoms with Crippen LogP contribution in [0.1, 0.15) is 60.8 Å². The third-order valence-corrected chi connectivity index (χ3v) is 10.9. The Balaban J connectivity index is 1.78. The van der Waals surface area contributed by atoms with Gasteiger partial charge in [-0.2, -0.15) is 0 Å². The molecule has 0 aromatic heterocycles. The fraction of sp³-hybridized carbons (Fsp3) is 0.606. The Morgan fingerprint density at radius 3 is 2.32 bits per heavy atom. The van der Waals surface area contributed by atoms with Crippen molar-refractivity contribution in [2.75, 3.05) is 24.6 Å². The zero-order valence-corrected chi connectivity index (χ0v) is 26.3. The van der Waals surface area contributed by atoms with Crippen LogP contribution < -0.4 is 4.90 Å². The summed E-state index contributed by atoms with van der Waals surface area (Å²) in [5.74, 6) is -1.61. The van der Waals surface area contributed by atoms with E-state index in [1.165, 1.54) is 0 Å². The monoisotopic (exact) mass is 581 g/mol. The van der Waals surface area contributed by atoms with Crippen molar-refractivity contribution in [1.82, 2.24) is 9.80 Å². The molecule has 0 radical (unpaired) electrons. The lowest BCUT2D eigenvalue weighted by atomic mass is 9.70. The van der Waals surface area contributed by atoms with Crippen molar-refractivity contribution in [3.63, 3.8) is 0 Å². The van der Waals surface area contributed by atoms with Crippen LogP contribution in [0.3, 0.4) is 0 Å². The zero-order valence-electron chi connectivity index (χ0n) is 25.5. The summed E-state index contributed by atoms with van der Waals surface area (Å²) in [5, 5.41) is 10.2. The SMILES string of the molecule is C=CCN(C(=O)[C@@H]1[C@@H]2CCC3(S2)C(C(=O)N(CC=C)C(C)(C)CC(C)(C)C)N([C@H](C)CO)C(=O)[C@H]13)c1ccccc1. The molecule has 224 valence electrons. The molecule has 1 spiro atoms. The number of aliphatic hydroxyl groups excluding tert-OH is 1. The first-order valence-electron chi connectivity index (χ1n) is 14.7. The topological polar surface area (TPSA) is 81.2 Å². The summed E-state index contributed by atoms with van der Waals surface area (Å²) in [4.78, 5) is 48.7. The summed E-state index contributed by atoms with van der Waals surface area (Å²) in [6.07, 6.45) is 5.65. The van der Waals surface area contributed by atoms with Crippen LogP contribution in [0.4, 0.5) is 5.69 Å². The molecule has 41 heavy (non-hydrogen) atoms. The van der Waals surface area contributed by atoms with Gasteiger partial charge in [0.15, 0.2) is 0 Å². The Kier molecular flexibility index (Phi) is 8.87. The quantitative estimate of drug-likeness (QED) is 0.376. The highest BCUT2D eigenvalue weighted by molar-refractivity contribution is 8.02. The van der Waals surface area contributed by atoms with Crippen molar-refractivity contribution in [2.24, 2.45) is 17.3 Å². The first-order chi connectivity index (χ1) is 19.2. The second-order valence-electron chi connectivity index (χ2n) is 13.7. The Labute approximate surface area is 250 Å². The molecular formula is C33H47N3O4S. The molecule has 0 saturated carbocycles. The van der Waals surface area contributed by atoms with Crippen LogP contribution in [0.2, 0.25) is 0 Å². The predicted octanol–water partition coefficient (Wildman–Crippen LogP) is 4.91. The molecule has 3 aliphatic rings. The van der Waals surface area contributed by atoms with Gasteiger partial charge in [0.1, 0.15) is 6.04 Å². The van der Waals surface area contributed by atoms with Crippen LogP contribution >= 0.6 is 11.8 Å². The number of para-hydroxylation sites is 1. The van der Waals surface area contributed by atoms with E-state index in [-0.39, 0.29) is 35.0 Å². The average molecular weight is 582 g/mol. The highest BCUT2D eigenvalue weighted by atomic mass is 32.2. The van der Waals surface area contributed by atoms with Gasteiger partial charge in [-0.05, 0) is 57.6 Å². The highest BCUT2D eigenvalue weighted by Gasteiger charge is 2.74. The van der Waals surface area contributed by atoms with E-state index in [0.29, 0.717) is 19.5 Å². The van der Waals surface area contributed by atoms with Gasteiger partial charge in [0, 0.05) is 29.6 Å². The van der Waals surface area contributed by atoms with E-state index in [1.54, 1.807) is 40.6 Å². The lowest BCUT2D eigenvalue weighted by Crippen LogP contribution is -2.61. The van der Waals surface area contributed by atoms with Crippen molar-refractivity contribution in [2.45, 2.75) is 88.4 Å². The number of anilines is 1. The fourth-order valence-corrected chi connectivity index (χ4v) is 9.95. The van der Waals surface area contributed by atoms with Crippen LogP contribution in [0, 0.1) is 17.3 Å². The number of fused-ring (bicyclic) bond motifs is 1. The maximum atomic E-state index is 14.8. The van der Waals surface area contributed by atoms with Gasteiger partial charge in [-0.25, -0.2) is 0 Å². The maximum Gasteiger partial charge on any atom is 0.247 e. The normalized spacial score (nSPS) is 27.9. The predicted molar refractivity (Wildman–Crippen MR) is 167 cm³/mol. The molecule has 2 unspecified atom stereocenters. The lowest BCUT2D eigenvalue weighted by Gasteiger charge is -2.46. The largest absolute Gasteiger partial charge is 0.394 e. The van der Waals surface area contributed by atoms with Gasteiger partial charge in [-0.3, -0.25) is 14.4 Å². The smallest absolute Gasteiger partial charge is 0.247 e. The highest BCUT2D eigenvalue weighted by Crippen LogP contribution is 2.67. The molecule has 3 saturated heterocycles. The van der Waals surface area contributed by atoms with Crippen LogP contribution in [-0.4, -0.2) is 79.9 Å². The number of thioether (sulfide) groups is 1. The number of carbonyl (C=O) groups is 3. The molecule has 1 aromatic rings. The molecule has 7 nitrogen and oxygen atoms in total. The summed E-state index contributed by atoms with van der Waals surface area (Å²) >= 11 is 1.66. The van der Waals surface area contributed by atoms with Crippen molar-refractivity contribution in [3.05, 3.63) is 55.6 Å². The Morgan fingerprint density at radius 1 is 1.12 bits per heavy atom.